The highest BCUT2D eigenvalue weighted by atomic mass is 16.3. The Hall–Kier alpha value is -0.930. The molecule has 0 aliphatic carbocycles. The Morgan fingerprint density at radius 3 is 2.56 bits per heavy atom. The first-order valence-electron chi connectivity index (χ1n) is 5.82. The van der Waals surface area contributed by atoms with Gasteiger partial charge in [-0.25, -0.2) is 0 Å². The molecule has 0 amide bonds. The molecule has 1 heterocycles. The van der Waals surface area contributed by atoms with Crippen molar-refractivity contribution in [3.8, 4) is 0 Å². The third kappa shape index (κ3) is 2.80. The van der Waals surface area contributed by atoms with Crippen LogP contribution in [0, 0.1) is 5.41 Å². The van der Waals surface area contributed by atoms with Crippen LogP contribution in [0.15, 0.2) is 24.4 Å². The first-order valence-corrected chi connectivity index (χ1v) is 5.82. The van der Waals surface area contributed by atoms with Gasteiger partial charge >= 0.3 is 0 Å². The van der Waals surface area contributed by atoms with Gasteiger partial charge < -0.3 is 10.8 Å². The summed E-state index contributed by atoms with van der Waals surface area (Å²) in [7, 11) is 0. The van der Waals surface area contributed by atoms with Crippen LogP contribution in [0.4, 0.5) is 0 Å². The van der Waals surface area contributed by atoms with Gasteiger partial charge in [0.2, 0.25) is 0 Å². The van der Waals surface area contributed by atoms with Crippen LogP contribution in [-0.2, 0) is 0 Å². The van der Waals surface area contributed by atoms with E-state index in [0.29, 0.717) is 6.54 Å². The molecule has 2 atom stereocenters. The number of nitrogens with zero attached hydrogens (tertiary/aromatic N) is 1. The SMILES string of the molecule is CCC(C)(C)C(O)C(CN)c1ccccn1. The molecule has 0 aliphatic rings. The quantitative estimate of drug-likeness (QED) is 0.800. The summed E-state index contributed by atoms with van der Waals surface area (Å²) >= 11 is 0. The fourth-order valence-corrected chi connectivity index (χ4v) is 1.76. The summed E-state index contributed by atoms with van der Waals surface area (Å²) in [6.45, 7) is 6.61. The minimum absolute atomic E-state index is 0.0869. The second-order valence-corrected chi connectivity index (χ2v) is 4.88. The molecule has 0 aromatic carbocycles. The zero-order chi connectivity index (χ0) is 12.2. The van der Waals surface area contributed by atoms with Crippen molar-refractivity contribution in [2.24, 2.45) is 11.1 Å². The number of hydrogen-bond acceptors (Lipinski definition) is 3. The third-order valence-electron chi connectivity index (χ3n) is 3.41. The first-order chi connectivity index (χ1) is 7.53. The van der Waals surface area contributed by atoms with Crippen LogP contribution in [0.25, 0.3) is 0 Å². The summed E-state index contributed by atoms with van der Waals surface area (Å²) in [5.74, 6) is -0.0869. The largest absolute Gasteiger partial charge is 0.392 e. The zero-order valence-corrected chi connectivity index (χ0v) is 10.4. The number of nitrogens with two attached hydrogens (primary N) is 1. The summed E-state index contributed by atoms with van der Waals surface area (Å²) < 4.78 is 0. The molecule has 0 aliphatic heterocycles. The molecule has 0 radical (unpaired) electrons. The van der Waals surface area contributed by atoms with E-state index >= 15 is 0 Å². The van der Waals surface area contributed by atoms with Crippen LogP contribution in [0.1, 0.15) is 38.8 Å². The van der Waals surface area contributed by atoms with Gasteiger partial charge in [0.15, 0.2) is 0 Å². The number of aromatic nitrogens is 1. The molecule has 3 heteroatoms. The molecule has 90 valence electrons. The summed E-state index contributed by atoms with van der Waals surface area (Å²) in [5, 5.41) is 10.4. The minimum atomic E-state index is -0.461. The third-order valence-corrected chi connectivity index (χ3v) is 3.41. The molecule has 16 heavy (non-hydrogen) atoms. The second-order valence-electron chi connectivity index (χ2n) is 4.88. The van der Waals surface area contributed by atoms with Crippen LogP contribution in [0.2, 0.25) is 0 Å². The van der Waals surface area contributed by atoms with Crippen molar-refractivity contribution in [3.63, 3.8) is 0 Å². The lowest BCUT2D eigenvalue weighted by Gasteiger charge is -2.34. The molecule has 0 saturated carbocycles. The molecule has 1 aromatic rings. The maximum Gasteiger partial charge on any atom is 0.0686 e. The molecule has 1 aromatic heterocycles. The predicted octanol–water partition coefficient (Wildman–Crippen LogP) is 1.92. The Morgan fingerprint density at radius 1 is 1.44 bits per heavy atom. The molecule has 3 nitrogen and oxygen atoms in total. The van der Waals surface area contributed by atoms with Crippen molar-refractivity contribution in [2.45, 2.75) is 39.2 Å². The van der Waals surface area contributed by atoms with Gasteiger partial charge in [0, 0.05) is 24.4 Å². The molecular weight excluding hydrogens is 200 g/mol. The molecule has 0 fully saturated rings. The molecular formula is C13H22N2O. The summed E-state index contributed by atoms with van der Waals surface area (Å²) in [4.78, 5) is 4.28. The number of aliphatic hydroxyl groups excluding tert-OH is 1. The van der Waals surface area contributed by atoms with Crippen molar-refractivity contribution in [1.29, 1.82) is 0 Å². The van der Waals surface area contributed by atoms with Crippen molar-refractivity contribution in [1.82, 2.24) is 4.98 Å². The van der Waals surface area contributed by atoms with Crippen molar-refractivity contribution in [3.05, 3.63) is 30.1 Å². The lowest BCUT2D eigenvalue weighted by molar-refractivity contribution is 0.0254. The van der Waals surface area contributed by atoms with Gasteiger partial charge in [-0.2, -0.15) is 0 Å². The van der Waals surface area contributed by atoms with Crippen molar-refractivity contribution < 1.29 is 5.11 Å². The molecule has 3 N–H and O–H groups in total. The fourth-order valence-electron chi connectivity index (χ4n) is 1.76. The second kappa shape index (κ2) is 5.41. The van der Waals surface area contributed by atoms with Gasteiger partial charge in [0.05, 0.1) is 6.10 Å². The summed E-state index contributed by atoms with van der Waals surface area (Å²) in [5.41, 5.74) is 6.49. The maximum absolute atomic E-state index is 10.4. The molecule has 1 rings (SSSR count). The predicted molar refractivity (Wildman–Crippen MR) is 66.1 cm³/mol. The monoisotopic (exact) mass is 222 g/mol. The van der Waals surface area contributed by atoms with E-state index in [9.17, 15) is 5.11 Å². The number of rotatable bonds is 5. The van der Waals surface area contributed by atoms with E-state index in [2.05, 4.69) is 25.8 Å². The number of aliphatic hydroxyl groups is 1. The minimum Gasteiger partial charge on any atom is -0.392 e. The topological polar surface area (TPSA) is 59.1 Å². The highest BCUT2D eigenvalue weighted by Crippen LogP contribution is 2.33. The van der Waals surface area contributed by atoms with E-state index in [4.69, 9.17) is 5.73 Å². The molecule has 0 saturated heterocycles. The van der Waals surface area contributed by atoms with Crippen molar-refractivity contribution in [2.75, 3.05) is 6.54 Å². The van der Waals surface area contributed by atoms with E-state index in [-0.39, 0.29) is 11.3 Å². The lowest BCUT2D eigenvalue weighted by atomic mass is 9.76. The Kier molecular flexibility index (Phi) is 4.44. The Balaban J connectivity index is 2.91. The van der Waals surface area contributed by atoms with E-state index in [1.54, 1.807) is 6.20 Å². The van der Waals surface area contributed by atoms with Crippen LogP contribution in [-0.4, -0.2) is 22.7 Å². The van der Waals surface area contributed by atoms with Crippen molar-refractivity contribution >= 4 is 0 Å². The standard InChI is InChI=1S/C13H22N2O/c1-4-13(2,3)12(16)10(9-14)11-7-5-6-8-15-11/h5-8,10,12,16H,4,9,14H2,1-3H3. The summed E-state index contributed by atoms with van der Waals surface area (Å²) in [6, 6.07) is 5.72. The normalized spacial score (nSPS) is 15.8. The smallest absolute Gasteiger partial charge is 0.0686 e. The summed E-state index contributed by atoms with van der Waals surface area (Å²) in [6.07, 6.45) is 2.19. The van der Waals surface area contributed by atoms with Gasteiger partial charge in [0.1, 0.15) is 0 Å². The van der Waals surface area contributed by atoms with Gasteiger partial charge in [-0.1, -0.05) is 26.8 Å². The van der Waals surface area contributed by atoms with Crippen LogP contribution < -0.4 is 5.73 Å². The Labute approximate surface area is 97.7 Å². The fraction of sp³-hybridized carbons (Fsp3) is 0.615. The van der Waals surface area contributed by atoms with Crippen LogP contribution in [0.3, 0.4) is 0 Å². The number of hydrogen-bond donors (Lipinski definition) is 2. The molecule has 2 unspecified atom stereocenters. The number of pyridine rings is 1. The van der Waals surface area contributed by atoms with Gasteiger partial charge in [-0.3, -0.25) is 4.98 Å². The maximum atomic E-state index is 10.4. The van der Waals surface area contributed by atoms with E-state index < -0.39 is 6.10 Å². The average Bonchev–Trinajstić information content (AvgIpc) is 2.31. The Morgan fingerprint density at radius 2 is 2.12 bits per heavy atom. The van der Waals surface area contributed by atoms with Crippen LogP contribution in [0.5, 0.6) is 0 Å². The molecule has 0 bridgehead atoms. The lowest BCUT2D eigenvalue weighted by Crippen LogP contribution is -2.38. The van der Waals surface area contributed by atoms with Gasteiger partial charge in [-0.15, -0.1) is 0 Å². The van der Waals surface area contributed by atoms with Crippen LogP contribution >= 0.6 is 0 Å². The van der Waals surface area contributed by atoms with Gasteiger partial charge in [-0.05, 0) is 24.0 Å². The van der Waals surface area contributed by atoms with E-state index in [1.165, 1.54) is 0 Å². The highest BCUT2D eigenvalue weighted by Gasteiger charge is 2.33. The van der Waals surface area contributed by atoms with E-state index in [0.717, 1.165) is 12.1 Å². The van der Waals surface area contributed by atoms with E-state index in [1.807, 2.05) is 18.2 Å². The Bertz CT molecular complexity index is 311. The molecule has 0 spiro atoms. The zero-order valence-electron chi connectivity index (χ0n) is 10.4. The van der Waals surface area contributed by atoms with Gasteiger partial charge in [0.25, 0.3) is 0 Å². The highest BCUT2D eigenvalue weighted by molar-refractivity contribution is 5.13. The average molecular weight is 222 g/mol. The first kappa shape index (κ1) is 13.1.